The van der Waals surface area contributed by atoms with Gasteiger partial charge < -0.3 is 9.84 Å². The molecule has 0 aliphatic carbocycles. The van der Waals surface area contributed by atoms with Gasteiger partial charge in [-0.1, -0.05) is 29.8 Å². The highest BCUT2D eigenvalue weighted by molar-refractivity contribution is 6.32. The number of benzene rings is 1. The van der Waals surface area contributed by atoms with Gasteiger partial charge in [0.05, 0.1) is 18.1 Å². The zero-order chi connectivity index (χ0) is 12.0. The highest BCUT2D eigenvalue weighted by Crippen LogP contribution is 2.25. The maximum Gasteiger partial charge on any atom is 0.307 e. The molecular formula is C12H13ClO3. The predicted molar refractivity (Wildman–Crippen MR) is 63.9 cm³/mol. The first-order chi connectivity index (χ1) is 7.63. The monoisotopic (exact) mass is 240 g/mol. The molecule has 0 atom stereocenters. The van der Waals surface area contributed by atoms with Crippen molar-refractivity contribution >= 4 is 23.6 Å². The maximum absolute atomic E-state index is 10.3. The lowest BCUT2D eigenvalue weighted by molar-refractivity contribution is -0.135. The fourth-order valence-electron chi connectivity index (χ4n) is 1.19. The Bertz CT molecular complexity index is 399. The van der Waals surface area contributed by atoms with Gasteiger partial charge in [0.25, 0.3) is 0 Å². The van der Waals surface area contributed by atoms with E-state index in [2.05, 4.69) is 0 Å². The first-order valence-electron chi connectivity index (χ1n) is 4.94. The van der Waals surface area contributed by atoms with Gasteiger partial charge in [0.2, 0.25) is 0 Å². The number of carboxylic acids is 1. The summed E-state index contributed by atoms with van der Waals surface area (Å²) in [6.45, 7) is 2.45. The molecule has 1 rings (SSSR count). The maximum atomic E-state index is 10.3. The number of ether oxygens (including phenoxy) is 1. The molecule has 0 radical (unpaired) electrons. The van der Waals surface area contributed by atoms with E-state index in [1.54, 1.807) is 24.3 Å². The van der Waals surface area contributed by atoms with Crippen LogP contribution < -0.4 is 4.74 Å². The molecule has 0 bridgehead atoms. The van der Waals surface area contributed by atoms with Crippen LogP contribution >= 0.6 is 11.6 Å². The van der Waals surface area contributed by atoms with E-state index in [0.717, 1.165) is 5.56 Å². The van der Waals surface area contributed by atoms with Crippen LogP contribution in [0.15, 0.2) is 24.3 Å². The van der Waals surface area contributed by atoms with Gasteiger partial charge >= 0.3 is 5.97 Å². The molecular weight excluding hydrogens is 228 g/mol. The minimum absolute atomic E-state index is 0.00479. The number of hydrogen-bond donors (Lipinski definition) is 1. The van der Waals surface area contributed by atoms with Crippen molar-refractivity contribution in [1.82, 2.24) is 0 Å². The summed E-state index contributed by atoms with van der Waals surface area (Å²) in [5, 5.41) is 8.99. The molecule has 0 aromatic heterocycles. The van der Waals surface area contributed by atoms with Crippen LogP contribution in [0.1, 0.15) is 18.9 Å². The van der Waals surface area contributed by atoms with E-state index in [1.807, 2.05) is 13.0 Å². The lowest BCUT2D eigenvalue weighted by Gasteiger charge is -2.05. The minimum atomic E-state index is -0.853. The summed E-state index contributed by atoms with van der Waals surface area (Å²) in [4.78, 5) is 10.3. The standard InChI is InChI=1S/C12H13ClO3/c1-2-16-11-7-6-9(8-10(11)13)4-3-5-12(14)15/h3-4,6-8H,2,5H2,1H3,(H,14,15)/b4-3+. The zero-order valence-corrected chi connectivity index (χ0v) is 9.70. The van der Waals surface area contributed by atoms with E-state index in [9.17, 15) is 4.79 Å². The molecule has 86 valence electrons. The molecule has 0 heterocycles. The number of carboxylic acid groups (broad SMARTS) is 1. The van der Waals surface area contributed by atoms with E-state index in [0.29, 0.717) is 17.4 Å². The molecule has 16 heavy (non-hydrogen) atoms. The Labute approximate surface area is 99.3 Å². The normalized spacial score (nSPS) is 10.6. The SMILES string of the molecule is CCOc1ccc(/C=C/CC(=O)O)cc1Cl. The largest absolute Gasteiger partial charge is 0.492 e. The summed E-state index contributed by atoms with van der Waals surface area (Å²) < 4.78 is 5.28. The van der Waals surface area contributed by atoms with E-state index in [-0.39, 0.29) is 6.42 Å². The molecule has 0 unspecified atom stereocenters. The lowest BCUT2D eigenvalue weighted by Crippen LogP contribution is -1.92. The molecule has 4 heteroatoms. The summed E-state index contributed by atoms with van der Waals surface area (Å²) in [5.74, 6) is -0.215. The molecule has 0 aliphatic heterocycles. The van der Waals surface area contributed by atoms with Crippen LogP contribution in [-0.2, 0) is 4.79 Å². The number of rotatable bonds is 5. The topological polar surface area (TPSA) is 46.5 Å². The predicted octanol–water partition coefficient (Wildman–Crippen LogP) is 3.23. The summed E-state index contributed by atoms with van der Waals surface area (Å²) >= 11 is 5.97. The summed E-state index contributed by atoms with van der Waals surface area (Å²) in [6, 6.07) is 5.34. The van der Waals surface area contributed by atoms with Crippen molar-refractivity contribution < 1.29 is 14.6 Å². The molecule has 0 aliphatic rings. The van der Waals surface area contributed by atoms with Crippen LogP contribution in [-0.4, -0.2) is 17.7 Å². The highest BCUT2D eigenvalue weighted by atomic mass is 35.5. The molecule has 0 amide bonds. The van der Waals surface area contributed by atoms with Gasteiger partial charge in [0.1, 0.15) is 5.75 Å². The van der Waals surface area contributed by atoms with E-state index < -0.39 is 5.97 Å². The van der Waals surface area contributed by atoms with Crippen molar-refractivity contribution in [1.29, 1.82) is 0 Å². The average Bonchev–Trinajstić information content (AvgIpc) is 2.21. The molecule has 1 aromatic carbocycles. The molecule has 0 saturated carbocycles. The van der Waals surface area contributed by atoms with Crippen LogP contribution in [0.25, 0.3) is 6.08 Å². The second kappa shape index (κ2) is 6.18. The van der Waals surface area contributed by atoms with Gasteiger partial charge in [-0.3, -0.25) is 4.79 Å². The van der Waals surface area contributed by atoms with Crippen molar-refractivity contribution in [3.05, 3.63) is 34.9 Å². The molecule has 0 spiro atoms. The Morgan fingerprint density at radius 1 is 1.56 bits per heavy atom. The van der Waals surface area contributed by atoms with Crippen molar-refractivity contribution in [3.8, 4) is 5.75 Å². The second-order valence-corrected chi connectivity index (χ2v) is 3.53. The van der Waals surface area contributed by atoms with E-state index in [1.165, 1.54) is 0 Å². The molecule has 0 fully saturated rings. The summed E-state index contributed by atoms with van der Waals surface area (Å²) in [6.07, 6.45) is 3.30. The molecule has 1 aromatic rings. The Kier molecular flexibility index (Phi) is 4.86. The van der Waals surface area contributed by atoms with Gasteiger partial charge in [-0.25, -0.2) is 0 Å². The van der Waals surface area contributed by atoms with Crippen molar-refractivity contribution in [2.75, 3.05) is 6.61 Å². The Hall–Kier alpha value is -1.48. The zero-order valence-electron chi connectivity index (χ0n) is 8.94. The first kappa shape index (κ1) is 12.6. The van der Waals surface area contributed by atoms with Gasteiger partial charge in [-0.15, -0.1) is 0 Å². The van der Waals surface area contributed by atoms with E-state index in [4.69, 9.17) is 21.4 Å². The van der Waals surface area contributed by atoms with E-state index >= 15 is 0 Å². The molecule has 1 N–H and O–H groups in total. The molecule has 3 nitrogen and oxygen atoms in total. The number of aliphatic carboxylic acids is 1. The van der Waals surface area contributed by atoms with Crippen LogP contribution in [0.4, 0.5) is 0 Å². The van der Waals surface area contributed by atoms with Crippen molar-refractivity contribution in [3.63, 3.8) is 0 Å². The van der Waals surface area contributed by atoms with Crippen LogP contribution in [0.5, 0.6) is 5.75 Å². The fraction of sp³-hybridized carbons (Fsp3) is 0.250. The van der Waals surface area contributed by atoms with Crippen LogP contribution in [0, 0.1) is 0 Å². The van der Waals surface area contributed by atoms with Crippen molar-refractivity contribution in [2.45, 2.75) is 13.3 Å². The fourth-order valence-corrected chi connectivity index (χ4v) is 1.43. The molecule has 0 saturated heterocycles. The smallest absolute Gasteiger partial charge is 0.307 e. The summed E-state index contributed by atoms with van der Waals surface area (Å²) in [7, 11) is 0. The van der Waals surface area contributed by atoms with Crippen LogP contribution in [0.2, 0.25) is 5.02 Å². The Morgan fingerprint density at radius 2 is 2.31 bits per heavy atom. The Balaban J connectivity index is 2.73. The second-order valence-electron chi connectivity index (χ2n) is 3.12. The first-order valence-corrected chi connectivity index (χ1v) is 5.32. The average molecular weight is 241 g/mol. The third kappa shape index (κ3) is 3.95. The third-order valence-corrected chi connectivity index (χ3v) is 2.15. The van der Waals surface area contributed by atoms with Gasteiger partial charge in [-0.2, -0.15) is 0 Å². The highest BCUT2D eigenvalue weighted by Gasteiger charge is 2.00. The summed E-state index contributed by atoms with van der Waals surface area (Å²) in [5.41, 5.74) is 0.856. The van der Waals surface area contributed by atoms with Gasteiger partial charge in [0, 0.05) is 0 Å². The number of halogens is 1. The quantitative estimate of drug-likeness (QED) is 0.860. The van der Waals surface area contributed by atoms with Gasteiger partial charge in [-0.05, 0) is 24.6 Å². The Morgan fingerprint density at radius 3 is 2.88 bits per heavy atom. The van der Waals surface area contributed by atoms with Gasteiger partial charge in [0.15, 0.2) is 0 Å². The van der Waals surface area contributed by atoms with Crippen molar-refractivity contribution in [2.24, 2.45) is 0 Å². The van der Waals surface area contributed by atoms with Crippen LogP contribution in [0.3, 0.4) is 0 Å². The number of carbonyl (C=O) groups is 1. The lowest BCUT2D eigenvalue weighted by atomic mass is 10.2. The number of hydrogen-bond acceptors (Lipinski definition) is 2. The third-order valence-electron chi connectivity index (χ3n) is 1.86. The minimum Gasteiger partial charge on any atom is -0.492 e.